The van der Waals surface area contributed by atoms with Gasteiger partial charge in [-0.1, -0.05) is 97.1 Å². The number of hydrogen-bond donors (Lipinski definition) is 1. The predicted molar refractivity (Wildman–Crippen MR) is 137 cm³/mol. The van der Waals surface area contributed by atoms with Gasteiger partial charge in [-0.3, -0.25) is 0 Å². The normalized spacial score (nSPS) is 23.9. The van der Waals surface area contributed by atoms with E-state index in [0.29, 0.717) is 19.8 Å². The monoisotopic (exact) mass is 490 g/mol. The molecular formula is C30H34O6. The van der Waals surface area contributed by atoms with Crippen LogP contribution in [0.4, 0.5) is 0 Å². The molecule has 3 aromatic carbocycles. The Bertz CT molecular complexity index is 1010. The number of hydrogen-bond acceptors (Lipinski definition) is 6. The number of rotatable bonds is 13. The van der Waals surface area contributed by atoms with Crippen molar-refractivity contribution in [2.75, 3.05) is 13.2 Å². The highest BCUT2D eigenvalue weighted by molar-refractivity contribution is 5.15. The third-order valence-electron chi connectivity index (χ3n) is 5.96. The smallest absolute Gasteiger partial charge is 0.187 e. The van der Waals surface area contributed by atoms with Gasteiger partial charge in [0.05, 0.1) is 33.0 Å². The van der Waals surface area contributed by atoms with Crippen molar-refractivity contribution in [3.05, 3.63) is 120 Å². The van der Waals surface area contributed by atoms with Crippen LogP contribution in [0.3, 0.4) is 0 Å². The summed E-state index contributed by atoms with van der Waals surface area (Å²) in [6, 6.07) is 29.5. The van der Waals surface area contributed by atoms with Crippen molar-refractivity contribution in [2.24, 2.45) is 0 Å². The molecule has 0 aromatic heterocycles. The number of aliphatic hydroxyl groups is 1. The van der Waals surface area contributed by atoms with Crippen molar-refractivity contribution in [3.63, 3.8) is 0 Å². The molecule has 3 aromatic rings. The van der Waals surface area contributed by atoms with Crippen LogP contribution < -0.4 is 0 Å². The lowest BCUT2D eigenvalue weighted by atomic mass is 9.98. The molecule has 1 N–H and O–H groups in total. The molecule has 5 atom stereocenters. The Labute approximate surface area is 213 Å². The van der Waals surface area contributed by atoms with Gasteiger partial charge in [-0.2, -0.15) is 0 Å². The number of benzene rings is 3. The zero-order valence-electron chi connectivity index (χ0n) is 20.4. The van der Waals surface area contributed by atoms with Gasteiger partial charge in [-0.25, -0.2) is 0 Å². The second-order valence-corrected chi connectivity index (χ2v) is 8.68. The van der Waals surface area contributed by atoms with E-state index in [4.69, 9.17) is 23.7 Å². The molecular weight excluding hydrogens is 456 g/mol. The molecule has 1 fully saturated rings. The minimum absolute atomic E-state index is 0.227. The molecule has 6 heteroatoms. The zero-order valence-corrected chi connectivity index (χ0v) is 20.4. The lowest BCUT2D eigenvalue weighted by Gasteiger charge is -2.44. The summed E-state index contributed by atoms with van der Waals surface area (Å²) in [6.45, 7) is 5.27. The molecule has 0 bridgehead atoms. The fourth-order valence-electron chi connectivity index (χ4n) is 4.11. The van der Waals surface area contributed by atoms with Gasteiger partial charge in [0.15, 0.2) is 6.29 Å². The molecule has 0 aliphatic carbocycles. The Morgan fingerprint density at radius 1 is 0.694 bits per heavy atom. The van der Waals surface area contributed by atoms with E-state index in [1.54, 1.807) is 6.08 Å². The van der Waals surface area contributed by atoms with Crippen LogP contribution in [0.5, 0.6) is 0 Å². The van der Waals surface area contributed by atoms with Crippen LogP contribution in [0, 0.1) is 0 Å². The van der Waals surface area contributed by atoms with Crippen LogP contribution in [0.1, 0.15) is 16.7 Å². The molecule has 36 heavy (non-hydrogen) atoms. The molecule has 190 valence electrons. The van der Waals surface area contributed by atoms with E-state index in [1.807, 2.05) is 91.0 Å². The average molecular weight is 491 g/mol. The Morgan fingerprint density at radius 2 is 1.19 bits per heavy atom. The fourth-order valence-corrected chi connectivity index (χ4v) is 4.11. The van der Waals surface area contributed by atoms with E-state index >= 15 is 0 Å². The molecule has 0 radical (unpaired) electrons. The molecule has 4 rings (SSSR count). The van der Waals surface area contributed by atoms with Gasteiger partial charge in [-0.15, -0.1) is 6.58 Å². The first-order valence-corrected chi connectivity index (χ1v) is 12.2. The predicted octanol–water partition coefficient (Wildman–Crippen LogP) is 4.66. The van der Waals surface area contributed by atoms with Gasteiger partial charge in [-0.05, 0) is 16.7 Å². The van der Waals surface area contributed by atoms with Crippen LogP contribution >= 0.6 is 0 Å². The molecule has 0 amide bonds. The Kier molecular flexibility index (Phi) is 10.2. The highest BCUT2D eigenvalue weighted by Gasteiger charge is 2.47. The Morgan fingerprint density at radius 3 is 1.72 bits per heavy atom. The van der Waals surface area contributed by atoms with Crippen molar-refractivity contribution >= 4 is 0 Å². The van der Waals surface area contributed by atoms with Gasteiger partial charge in [0.1, 0.15) is 24.4 Å². The van der Waals surface area contributed by atoms with Crippen LogP contribution in [-0.4, -0.2) is 49.0 Å². The Hall–Kier alpha value is -2.84. The van der Waals surface area contributed by atoms with E-state index < -0.39 is 30.7 Å². The maximum Gasteiger partial charge on any atom is 0.187 e. The first-order chi connectivity index (χ1) is 17.7. The minimum Gasteiger partial charge on any atom is -0.387 e. The third kappa shape index (κ3) is 7.58. The molecule has 1 aliphatic heterocycles. The van der Waals surface area contributed by atoms with Gasteiger partial charge < -0.3 is 28.8 Å². The molecule has 1 aliphatic rings. The maximum atomic E-state index is 11.4. The highest BCUT2D eigenvalue weighted by atomic mass is 16.7. The summed E-state index contributed by atoms with van der Waals surface area (Å²) in [5, 5.41) is 11.4. The SMILES string of the molecule is C=CCO[C@@H]1O[C@H](COCc2ccccc2)[C@H](OCc2ccccc2)[C@H](O)[C@H]1OCc1ccccc1. The summed E-state index contributed by atoms with van der Waals surface area (Å²) in [4.78, 5) is 0. The molecule has 0 unspecified atom stereocenters. The first kappa shape index (κ1) is 26.2. The van der Waals surface area contributed by atoms with Crippen molar-refractivity contribution in [3.8, 4) is 0 Å². The minimum atomic E-state index is -0.994. The van der Waals surface area contributed by atoms with Crippen LogP contribution in [0.2, 0.25) is 0 Å². The van der Waals surface area contributed by atoms with Crippen molar-refractivity contribution in [1.82, 2.24) is 0 Å². The standard InChI is InChI=1S/C30H34O6/c1-2-18-33-30-29(35-21-25-16-10-5-11-17-25)27(31)28(34-20-24-14-8-4-9-15-24)26(36-30)22-32-19-23-12-6-3-7-13-23/h2-17,26-31H,1,18-22H2/t26-,27+,28+,29-,30-/m1/s1. The van der Waals surface area contributed by atoms with E-state index in [2.05, 4.69) is 6.58 Å². The second kappa shape index (κ2) is 14.0. The van der Waals surface area contributed by atoms with Crippen LogP contribution in [-0.2, 0) is 43.5 Å². The van der Waals surface area contributed by atoms with E-state index in [9.17, 15) is 5.11 Å². The average Bonchev–Trinajstić information content (AvgIpc) is 2.93. The molecule has 0 spiro atoms. The molecule has 6 nitrogen and oxygen atoms in total. The van der Waals surface area contributed by atoms with Crippen molar-refractivity contribution in [2.45, 2.75) is 50.5 Å². The quantitative estimate of drug-likeness (QED) is 0.352. The van der Waals surface area contributed by atoms with E-state index in [1.165, 1.54) is 0 Å². The third-order valence-corrected chi connectivity index (χ3v) is 5.96. The van der Waals surface area contributed by atoms with Crippen LogP contribution in [0.15, 0.2) is 104 Å². The number of ether oxygens (including phenoxy) is 5. The molecule has 1 heterocycles. The second-order valence-electron chi connectivity index (χ2n) is 8.68. The summed E-state index contributed by atoms with van der Waals surface area (Å²) in [6.07, 6.45) is -2.14. The van der Waals surface area contributed by atoms with E-state index in [0.717, 1.165) is 16.7 Å². The molecule has 1 saturated heterocycles. The van der Waals surface area contributed by atoms with Crippen LogP contribution in [0.25, 0.3) is 0 Å². The summed E-state index contributed by atoms with van der Waals surface area (Å²) < 4.78 is 30.5. The van der Waals surface area contributed by atoms with Crippen molar-refractivity contribution in [1.29, 1.82) is 0 Å². The topological polar surface area (TPSA) is 66.4 Å². The maximum absolute atomic E-state index is 11.4. The van der Waals surface area contributed by atoms with E-state index in [-0.39, 0.29) is 13.2 Å². The van der Waals surface area contributed by atoms with Crippen molar-refractivity contribution < 1.29 is 28.8 Å². The van der Waals surface area contributed by atoms with Gasteiger partial charge in [0.25, 0.3) is 0 Å². The fraction of sp³-hybridized carbons (Fsp3) is 0.333. The van der Waals surface area contributed by atoms with Gasteiger partial charge in [0, 0.05) is 0 Å². The summed E-state index contributed by atoms with van der Waals surface area (Å²) >= 11 is 0. The lowest BCUT2D eigenvalue weighted by molar-refractivity contribution is -0.318. The molecule has 0 saturated carbocycles. The summed E-state index contributed by atoms with van der Waals surface area (Å²) in [7, 11) is 0. The summed E-state index contributed by atoms with van der Waals surface area (Å²) in [5.41, 5.74) is 3.04. The summed E-state index contributed by atoms with van der Waals surface area (Å²) in [5.74, 6) is 0. The number of aliphatic hydroxyl groups excluding tert-OH is 1. The van der Waals surface area contributed by atoms with Gasteiger partial charge in [0.2, 0.25) is 0 Å². The Balaban J connectivity index is 1.47. The van der Waals surface area contributed by atoms with Gasteiger partial charge >= 0.3 is 0 Å². The zero-order chi connectivity index (χ0) is 25.0. The first-order valence-electron chi connectivity index (χ1n) is 12.2. The largest absolute Gasteiger partial charge is 0.387 e. The highest BCUT2D eigenvalue weighted by Crippen LogP contribution is 2.29. The lowest BCUT2D eigenvalue weighted by Crippen LogP contribution is -2.61.